The highest BCUT2D eigenvalue weighted by atomic mass is 16.3. The molecule has 0 bridgehead atoms. The summed E-state index contributed by atoms with van der Waals surface area (Å²) in [5.41, 5.74) is -0.302. The normalized spacial score (nSPS) is 31.5. The fourth-order valence-corrected chi connectivity index (χ4v) is 3.04. The summed E-state index contributed by atoms with van der Waals surface area (Å²) in [6, 6.07) is 0. The monoisotopic (exact) mass is 226 g/mol. The average Bonchev–Trinajstić information content (AvgIpc) is 2.20. The highest BCUT2D eigenvalue weighted by molar-refractivity contribution is 4.96. The molecule has 16 heavy (non-hydrogen) atoms. The van der Waals surface area contributed by atoms with E-state index in [0.717, 1.165) is 37.0 Å². The van der Waals surface area contributed by atoms with E-state index in [0.29, 0.717) is 0 Å². The van der Waals surface area contributed by atoms with Crippen molar-refractivity contribution < 1.29 is 5.11 Å². The van der Waals surface area contributed by atoms with Crippen LogP contribution in [0.2, 0.25) is 0 Å². The van der Waals surface area contributed by atoms with Gasteiger partial charge in [-0.2, -0.15) is 0 Å². The van der Waals surface area contributed by atoms with Crippen molar-refractivity contribution in [2.24, 2.45) is 17.8 Å². The molecule has 1 unspecified atom stereocenters. The van der Waals surface area contributed by atoms with Gasteiger partial charge in [0, 0.05) is 0 Å². The zero-order valence-corrected chi connectivity index (χ0v) is 11.6. The van der Waals surface area contributed by atoms with Gasteiger partial charge < -0.3 is 5.11 Å². The Morgan fingerprint density at radius 3 is 2.31 bits per heavy atom. The molecule has 0 aromatic heterocycles. The minimum absolute atomic E-state index is 0.302. The third-order valence-electron chi connectivity index (χ3n) is 4.44. The van der Waals surface area contributed by atoms with Gasteiger partial charge >= 0.3 is 0 Å². The quantitative estimate of drug-likeness (QED) is 0.682. The number of hydrogen-bond donors (Lipinski definition) is 1. The minimum atomic E-state index is -0.302. The van der Waals surface area contributed by atoms with Crippen LogP contribution in [0.5, 0.6) is 0 Å². The van der Waals surface area contributed by atoms with E-state index in [2.05, 4.69) is 27.7 Å². The lowest BCUT2D eigenvalue weighted by Crippen LogP contribution is -2.47. The maximum Gasteiger partial charge on any atom is 0.0656 e. The van der Waals surface area contributed by atoms with Crippen molar-refractivity contribution in [1.82, 2.24) is 0 Å². The van der Waals surface area contributed by atoms with E-state index in [1.807, 2.05) is 0 Å². The molecular formula is C15H30O. The molecule has 1 saturated carbocycles. The van der Waals surface area contributed by atoms with Crippen LogP contribution in [0.25, 0.3) is 0 Å². The standard InChI is InChI=1S/C15H30O/c1-5-7-8-13(6-2)9-15(16)10-14(11-15)12(3)4/h12-14,16H,5-11H2,1-4H3. The van der Waals surface area contributed by atoms with E-state index in [9.17, 15) is 5.11 Å². The lowest BCUT2D eigenvalue weighted by atomic mass is 9.63. The van der Waals surface area contributed by atoms with Gasteiger partial charge in [-0.25, -0.2) is 0 Å². The van der Waals surface area contributed by atoms with Crippen molar-refractivity contribution in [3.05, 3.63) is 0 Å². The largest absolute Gasteiger partial charge is 0.390 e. The Morgan fingerprint density at radius 1 is 1.25 bits per heavy atom. The van der Waals surface area contributed by atoms with Gasteiger partial charge in [-0.1, -0.05) is 53.4 Å². The van der Waals surface area contributed by atoms with Gasteiger partial charge in [0.25, 0.3) is 0 Å². The molecule has 1 fully saturated rings. The molecule has 1 heteroatoms. The molecule has 1 aliphatic carbocycles. The second-order valence-electron chi connectivity index (χ2n) is 6.26. The molecule has 0 saturated heterocycles. The molecule has 0 aromatic carbocycles. The molecule has 0 amide bonds. The van der Waals surface area contributed by atoms with Crippen molar-refractivity contribution in [3.63, 3.8) is 0 Å². The van der Waals surface area contributed by atoms with Gasteiger partial charge in [0.2, 0.25) is 0 Å². The van der Waals surface area contributed by atoms with Crippen molar-refractivity contribution in [2.45, 2.75) is 78.2 Å². The van der Waals surface area contributed by atoms with Crippen LogP contribution in [0.3, 0.4) is 0 Å². The molecule has 0 radical (unpaired) electrons. The van der Waals surface area contributed by atoms with Gasteiger partial charge in [-0.05, 0) is 37.0 Å². The van der Waals surface area contributed by atoms with Crippen LogP contribution < -0.4 is 0 Å². The molecule has 96 valence electrons. The number of unbranched alkanes of at least 4 members (excludes halogenated alkanes) is 1. The van der Waals surface area contributed by atoms with Crippen LogP contribution in [-0.4, -0.2) is 10.7 Å². The Kier molecular flexibility index (Phi) is 5.30. The van der Waals surface area contributed by atoms with Crippen LogP contribution in [-0.2, 0) is 0 Å². The number of rotatable bonds is 7. The Morgan fingerprint density at radius 2 is 1.88 bits per heavy atom. The number of aliphatic hydroxyl groups is 1. The first-order chi connectivity index (χ1) is 7.50. The molecule has 0 spiro atoms. The molecule has 0 aromatic rings. The topological polar surface area (TPSA) is 20.2 Å². The van der Waals surface area contributed by atoms with Gasteiger partial charge in [0.05, 0.1) is 5.60 Å². The van der Waals surface area contributed by atoms with Crippen LogP contribution in [0.4, 0.5) is 0 Å². The summed E-state index contributed by atoms with van der Waals surface area (Å²) in [5.74, 6) is 2.27. The van der Waals surface area contributed by atoms with Gasteiger partial charge in [0.1, 0.15) is 0 Å². The molecule has 1 aliphatic rings. The Balaban J connectivity index is 2.30. The van der Waals surface area contributed by atoms with E-state index in [1.165, 1.54) is 25.7 Å². The number of hydrogen-bond acceptors (Lipinski definition) is 1. The molecule has 0 heterocycles. The maximum absolute atomic E-state index is 10.4. The third-order valence-corrected chi connectivity index (χ3v) is 4.44. The second kappa shape index (κ2) is 6.05. The van der Waals surface area contributed by atoms with Gasteiger partial charge in [-0.15, -0.1) is 0 Å². The van der Waals surface area contributed by atoms with E-state index >= 15 is 0 Å². The van der Waals surface area contributed by atoms with Crippen molar-refractivity contribution in [2.75, 3.05) is 0 Å². The lowest BCUT2D eigenvalue weighted by Gasteiger charge is -2.47. The predicted molar refractivity (Wildman–Crippen MR) is 70.4 cm³/mol. The Labute approximate surface area is 102 Å². The fraction of sp³-hybridized carbons (Fsp3) is 1.00. The fourth-order valence-electron chi connectivity index (χ4n) is 3.04. The molecule has 1 atom stereocenters. The van der Waals surface area contributed by atoms with Gasteiger partial charge in [0.15, 0.2) is 0 Å². The Bertz CT molecular complexity index is 192. The molecule has 0 aliphatic heterocycles. The van der Waals surface area contributed by atoms with E-state index < -0.39 is 0 Å². The highest BCUT2D eigenvalue weighted by Crippen LogP contribution is 2.46. The highest BCUT2D eigenvalue weighted by Gasteiger charge is 2.44. The van der Waals surface area contributed by atoms with E-state index in [4.69, 9.17) is 0 Å². The van der Waals surface area contributed by atoms with Crippen molar-refractivity contribution in [3.8, 4) is 0 Å². The molecule has 1 nitrogen and oxygen atoms in total. The van der Waals surface area contributed by atoms with Gasteiger partial charge in [-0.3, -0.25) is 0 Å². The Hall–Kier alpha value is -0.0400. The average molecular weight is 226 g/mol. The predicted octanol–water partition coefficient (Wildman–Crippen LogP) is 4.39. The van der Waals surface area contributed by atoms with Crippen molar-refractivity contribution in [1.29, 1.82) is 0 Å². The van der Waals surface area contributed by atoms with E-state index in [1.54, 1.807) is 0 Å². The smallest absolute Gasteiger partial charge is 0.0656 e. The second-order valence-corrected chi connectivity index (χ2v) is 6.26. The summed E-state index contributed by atoms with van der Waals surface area (Å²) in [7, 11) is 0. The zero-order valence-electron chi connectivity index (χ0n) is 11.6. The third kappa shape index (κ3) is 3.76. The summed E-state index contributed by atoms with van der Waals surface area (Å²) < 4.78 is 0. The first-order valence-electron chi connectivity index (χ1n) is 7.23. The zero-order chi connectivity index (χ0) is 12.2. The van der Waals surface area contributed by atoms with Crippen molar-refractivity contribution >= 4 is 0 Å². The van der Waals surface area contributed by atoms with Crippen LogP contribution in [0.1, 0.15) is 72.6 Å². The lowest BCUT2D eigenvalue weighted by molar-refractivity contribution is -0.103. The molecule has 1 N–H and O–H groups in total. The minimum Gasteiger partial charge on any atom is -0.390 e. The summed E-state index contributed by atoms with van der Waals surface area (Å²) in [6.45, 7) is 9.07. The molecular weight excluding hydrogens is 196 g/mol. The van der Waals surface area contributed by atoms with Crippen LogP contribution >= 0.6 is 0 Å². The SMILES string of the molecule is CCCCC(CC)CC1(O)CC(C(C)C)C1. The summed E-state index contributed by atoms with van der Waals surface area (Å²) in [4.78, 5) is 0. The van der Waals surface area contributed by atoms with E-state index in [-0.39, 0.29) is 5.60 Å². The first-order valence-corrected chi connectivity index (χ1v) is 7.23. The summed E-state index contributed by atoms with van der Waals surface area (Å²) >= 11 is 0. The summed E-state index contributed by atoms with van der Waals surface area (Å²) in [6.07, 6.45) is 8.29. The maximum atomic E-state index is 10.4. The van der Waals surface area contributed by atoms with Crippen LogP contribution in [0.15, 0.2) is 0 Å². The summed E-state index contributed by atoms with van der Waals surface area (Å²) in [5, 5.41) is 10.4. The first kappa shape index (κ1) is 14.0. The molecule has 1 rings (SSSR count). The van der Waals surface area contributed by atoms with Crippen LogP contribution in [0, 0.1) is 17.8 Å².